The number of ether oxygens (including phenoxy) is 1. The van der Waals surface area contributed by atoms with Gasteiger partial charge in [0.05, 0.1) is 24.3 Å². The van der Waals surface area contributed by atoms with E-state index in [2.05, 4.69) is 44.8 Å². The van der Waals surface area contributed by atoms with E-state index >= 15 is 0 Å². The number of hydrogen-bond donors (Lipinski definition) is 0. The molecule has 0 aliphatic carbocycles. The van der Waals surface area contributed by atoms with Gasteiger partial charge in [-0.2, -0.15) is 4.98 Å². The molecule has 0 bridgehead atoms. The first-order chi connectivity index (χ1) is 11.3. The number of aromatic nitrogens is 4. The highest BCUT2D eigenvalue weighted by Gasteiger charge is 2.14. The van der Waals surface area contributed by atoms with Crippen LogP contribution in [-0.4, -0.2) is 26.8 Å². The van der Waals surface area contributed by atoms with Crippen molar-refractivity contribution >= 4 is 21.8 Å². The van der Waals surface area contributed by atoms with Gasteiger partial charge in [0.2, 0.25) is 5.89 Å². The first-order valence-corrected chi connectivity index (χ1v) is 7.44. The summed E-state index contributed by atoms with van der Waals surface area (Å²) in [6, 6.07) is 6.18. The van der Waals surface area contributed by atoms with Crippen molar-refractivity contribution in [2.24, 2.45) is 0 Å². The van der Waals surface area contributed by atoms with Crippen molar-refractivity contribution in [1.29, 1.82) is 0 Å². The summed E-state index contributed by atoms with van der Waals surface area (Å²) in [6.45, 7) is 2.84. The highest BCUT2D eigenvalue weighted by Crippen LogP contribution is 2.34. The van der Waals surface area contributed by atoms with Gasteiger partial charge in [0.25, 0.3) is 0 Å². The molecule has 0 unspecified atom stereocenters. The summed E-state index contributed by atoms with van der Waals surface area (Å²) in [6.07, 6.45) is 5.82. The third-order valence-electron chi connectivity index (χ3n) is 4.13. The summed E-state index contributed by atoms with van der Waals surface area (Å²) in [5.74, 6) is 1.48. The van der Waals surface area contributed by atoms with Crippen molar-refractivity contribution in [2.75, 3.05) is 7.11 Å². The molecule has 0 spiro atoms. The third kappa shape index (κ3) is 2.23. The Labute approximate surface area is 132 Å². The number of methoxy groups -OCH3 is 1. The number of pyridine rings is 1. The van der Waals surface area contributed by atoms with E-state index in [1.165, 1.54) is 22.7 Å². The van der Waals surface area contributed by atoms with Crippen LogP contribution in [0.3, 0.4) is 0 Å². The number of hydrogen-bond acceptors (Lipinski definition) is 5. The average Bonchev–Trinajstić information content (AvgIpc) is 3.18. The molecule has 0 saturated heterocycles. The highest BCUT2D eigenvalue weighted by molar-refractivity contribution is 6.09. The lowest BCUT2D eigenvalue weighted by Gasteiger charge is -2.08. The zero-order chi connectivity index (χ0) is 15.8. The van der Waals surface area contributed by atoms with Gasteiger partial charge in [-0.25, -0.2) is 0 Å². The van der Waals surface area contributed by atoms with E-state index in [4.69, 9.17) is 9.26 Å². The quantitative estimate of drug-likeness (QED) is 0.579. The first kappa shape index (κ1) is 13.8. The van der Waals surface area contributed by atoms with Crippen LogP contribution in [0.1, 0.15) is 11.5 Å². The fraction of sp³-hybridized carbons (Fsp3) is 0.235. The standard InChI is InChI=1S/C17H16N4O2/c1-11-7-12(22-2)8-14-17(11)13-3-5-18-9-15(13)21(14)6-4-16-19-10-20-23-16/h3,5,7-10H,4,6H2,1-2H3. The molecule has 23 heavy (non-hydrogen) atoms. The second kappa shape index (κ2) is 5.39. The van der Waals surface area contributed by atoms with Crippen LogP contribution >= 0.6 is 0 Å². The molecule has 3 aromatic heterocycles. The van der Waals surface area contributed by atoms with Gasteiger partial charge in [-0.15, -0.1) is 0 Å². The summed E-state index contributed by atoms with van der Waals surface area (Å²) in [7, 11) is 1.69. The Morgan fingerprint density at radius 1 is 1.26 bits per heavy atom. The molecule has 0 radical (unpaired) electrons. The fourth-order valence-electron chi connectivity index (χ4n) is 3.11. The molecule has 0 N–H and O–H groups in total. The predicted molar refractivity (Wildman–Crippen MR) is 86.5 cm³/mol. The number of fused-ring (bicyclic) bond motifs is 3. The molecular formula is C17H16N4O2. The van der Waals surface area contributed by atoms with Crippen LogP contribution in [0.15, 0.2) is 41.4 Å². The lowest BCUT2D eigenvalue weighted by Crippen LogP contribution is -2.01. The summed E-state index contributed by atoms with van der Waals surface area (Å²) in [5, 5.41) is 6.09. The molecule has 4 rings (SSSR count). The maximum Gasteiger partial charge on any atom is 0.228 e. The summed E-state index contributed by atoms with van der Waals surface area (Å²) in [5.41, 5.74) is 3.41. The topological polar surface area (TPSA) is 66.0 Å². The maximum atomic E-state index is 5.43. The van der Waals surface area contributed by atoms with Gasteiger partial charge < -0.3 is 13.8 Å². The minimum atomic E-state index is 0.628. The van der Waals surface area contributed by atoms with Crippen LogP contribution < -0.4 is 4.74 Å². The van der Waals surface area contributed by atoms with E-state index in [0.717, 1.165) is 23.3 Å². The van der Waals surface area contributed by atoms with Gasteiger partial charge in [0, 0.05) is 36.0 Å². The van der Waals surface area contributed by atoms with Gasteiger partial charge in [-0.1, -0.05) is 5.16 Å². The molecular weight excluding hydrogens is 292 g/mol. The zero-order valence-corrected chi connectivity index (χ0v) is 13.0. The zero-order valence-electron chi connectivity index (χ0n) is 13.0. The van der Waals surface area contributed by atoms with E-state index in [1.807, 2.05) is 12.4 Å². The molecule has 6 nitrogen and oxygen atoms in total. The molecule has 0 saturated carbocycles. The summed E-state index contributed by atoms with van der Waals surface area (Å²) >= 11 is 0. The van der Waals surface area contributed by atoms with Crippen LogP contribution in [-0.2, 0) is 13.0 Å². The Morgan fingerprint density at radius 2 is 2.17 bits per heavy atom. The largest absolute Gasteiger partial charge is 0.497 e. The van der Waals surface area contributed by atoms with Crippen molar-refractivity contribution in [1.82, 2.24) is 19.7 Å². The Kier molecular flexibility index (Phi) is 3.22. The Morgan fingerprint density at radius 3 is 2.96 bits per heavy atom. The number of aryl methyl sites for hydroxylation is 3. The number of benzene rings is 1. The average molecular weight is 308 g/mol. The van der Waals surface area contributed by atoms with E-state index in [0.29, 0.717) is 12.3 Å². The van der Waals surface area contributed by atoms with Gasteiger partial charge in [0.1, 0.15) is 5.75 Å². The Balaban J connectivity index is 1.93. The molecule has 116 valence electrons. The minimum Gasteiger partial charge on any atom is -0.497 e. The van der Waals surface area contributed by atoms with Crippen molar-refractivity contribution in [3.63, 3.8) is 0 Å². The SMILES string of the molecule is COc1cc(C)c2c3ccncc3n(CCc3ncno3)c2c1. The van der Waals surface area contributed by atoms with Crippen molar-refractivity contribution in [3.05, 3.63) is 48.4 Å². The van der Waals surface area contributed by atoms with E-state index in [1.54, 1.807) is 7.11 Å². The van der Waals surface area contributed by atoms with Gasteiger partial charge in [-0.05, 0) is 24.6 Å². The molecule has 6 heteroatoms. The van der Waals surface area contributed by atoms with Crippen molar-refractivity contribution in [2.45, 2.75) is 19.9 Å². The number of nitrogens with zero attached hydrogens (tertiary/aromatic N) is 4. The minimum absolute atomic E-state index is 0.628. The monoisotopic (exact) mass is 308 g/mol. The lowest BCUT2D eigenvalue weighted by molar-refractivity contribution is 0.372. The van der Waals surface area contributed by atoms with Gasteiger partial charge in [-0.3, -0.25) is 4.98 Å². The molecule has 0 fully saturated rings. The van der Waals surface area contributed by atoms with Crippen LogP contribution in [0.2, 0.25) is 0 Å². The third-order valence-corrected chi connectivity index (χ3v) is 4.13. The molecule has 0 atom stereocenters. The summed E-state index contributed by atoms with van der Waals surface area (Å²) in [4.78, 5) is 8.38. The maximum absolute atomic E-state index is 5.43. The van der Waals surface area contributed by atoms with Gasteiger partial charge in [0.15, 0.2) is 6.33 Å². The molecule has 0 amide bonds. The first-order valence-electron chi connectivity index (χ1n) is 7.44. The predicted octanol–water partition coefficient (Wildman–Crippen LogP) is 3.13. The Bertz CT molecular complexity index is 973. The van der Waals surface area contributed by atoms with Crippen LogP contribution in [0, 0.1) is 6.92 Å². The highest BCUT2D eigenvalue weighted by atomic mass is 16.5. The molecule has 1 aromatic carbocycles. The normalized spacial score (nSPS) is 11.4. The van der Waals surface area contributed by atoms with Crippen LogP contribution in [0.5, 0.6) is 5.75 Å². The molecule has 3 heterocycles. The van der Waals surface area contributed by atoms with Crippen LogP contribution in [0.25, 0.3) is 21.8 Å². The van der Waals surface area contributed by atoms with E-state index < -0.39 is 0 Å². The van der Waals surface area contributed by atoms with E-state index in [9.17, 15) is 0 Å². The second-order valence-electron chi connectivity index (χ2n) is 5.47. The molecule has 0 aliphatic heterocycles. The van der Waals surface area contributed by atoms with Crippen LogP contribution in [0.4, 0.5) is 0 Å². The molecule has 4 aromatic rings. The van der Waals surface area contributed by atoms with E-state index in [-0.39, 0.29) is 0 Å². The smallest absolute Gasteiger partial charge is 0.228 e. The lowest BCUT2D eigenvalue weighted by atomic mass is 10.1. The molecule has 0 aliphatic rings. The fourth-order valence-corrected chi connectivity index (χ4v) is 3.11. The van der Waals surface area contributed by atoms with Crippen molar-refractivity contribution in [3.8, 4) is 5.75 Å². The van der Waals surface area contributed by atoms with Crippen molar-refractivity contribution < 1.29 is 9.26 Å². The summed E-state index contributed by atoms with van der Waals surface area (Å²) < 4.78 is 12.8. The van der Waals surface area contributed by atoms with Gasteiger partial charge >= 0.3 is 0 Å². The number of rotatable bonds is 4. The Hall–Kier alpha value is -2.89. The second-order valence-corrected chi connectivity index (χ2v) is 5.47.